The molecule has 1 N–H and O–H groups in total. The summed E-state index contributed by atoms with van der Waals surface area (Å²) in [6, 6.07) is 12.0. The van der Waals surface area contributed by atoms with Gasteiger partial charge in [0.15, 0.2) is 0 Å². The number of fused-ring (bicyclic) bond motifs is 1. The molecule has 0 saturated carbocycles. The molecule has 0 amide bonds. The summed E-state index contributed by atoms with van der Waals surface area (Å²) < 4.78 is 20.3. The zero-order valence-corrected chi connectivity index (χ0v) is 14.3. The van der Waals surface area contributed by atoms with E-state index >= 15 is 0 Å². The molecule has 0 aliphatic rings. The monoisotopic (exact) mass is 320 g/mol. The van der Waals surface area contributed by atoms with E-state index in [4.69, 9.17) is 4.74 Å². The number of ether oxygens (including phenoxy) is 1. The lowest BCUT2D eigenvalue weighted by Gasteiger charge is -2.16. The summed E-state index contributed by atoms with van der Waals surface area (Å²) in [5.41, 5.74) is 1.12. The maximum Gasteiger partial charge on any atom is 0.125 e. The Labute approximate surface area is 135 Å². The fourth-order valence-corrected chi connectivity index (χ4v) is 3.13. The lowest BCUT2D eigenvalue weighted by atomic mass is 10.1. The van der Waals surface area contributed by atoms with E-state index in [1.807, 2.05) is 38.4 Å². The van der Waals surface area contributed by atoms with Crippen LogP contribution in [0.2, 0.25) is 0 Å². The van der Waals surface area contributed by atoms with Crippen molar-refractivity contribution in [3.63, 3.8) is 0 Å². The van der Waals surface area contributed by atoms with Crippen LogP contribution in [0.1, 0.15) is 0 Å². The third kappa shape index (κ3) is 4.40. The van der Waals surface area contributed by atoms with E-state index in [1.54, 1.807) is 7.11 Å². The molecule has 0 saturated heterocycles. The second kappa shape index (κ2) is 9.35. The van der Waals surface area contributed by atoms with Gasteiger partial charge in [-0.05, 0) is 12.1 Å². The van der Waals surface area contributed by atoms with Crippen molar-refractivity contribution in [2.45, 2.75) is 4.90 Å². The van der Waals surface area contributed by atoms with E-state index in [2.05, 4.69) is 34.9 Å². The average Bonchev–Trinajstić information content (AvgIpc) is 2.55. The van der Waals surface area contributed by atoms with Gasteiger partial charge in [-0.1, -0.05) is 24.3 Å². The Morgan fingerprint density at radius 2 is 1.77 bits per heavy atom. The van der Waals surface area contributed by atoms with Crippen molar-refractivity contribution in [2.24, 2.45) is 0 Å². The van der Waals surface area contributed by atoms with Crippen molar-refractivity contribution in [3.8, 4) is 0 Å². The maximum absolute atomic E-state index is 12.3. The van der Waals surface area contributed by atoms with E-state index < -0.39 is 11.0 Å². The Balaban J connectivity index is 0.00000116. The Kier molecular flexibility index (Phi) is 7.80. The Bertz CT molecular complexity index is 629. The molecule has 2 rings (SSSR count). The highest BCUT2D eigenvalue weighted by Crippen LogP contribution is 2.29. The van der Waals surface area contributed by atoms with Crippen molar-refractivity contribution in [3.05, 3.63) is 49.6 Å². The zero-order valence-electron chi connectivity index (χ0n) is 13.5. The number of anilines is 1. The zero-order chi connectivity index (χ0) is 16.5. The standard InChI is InChI=1S/C15H20N2O2S.C2H4/c1-17(2)14-8-4-7-13-12(14)6-5-9-15(13)20(18)16-10-11-19-3;1-2/h4-9,16H,10-11H2,1-3H3;1-2H2. The minimum atomic E-state index is -1.23. The van der Waals surface area contributed by atoms with Crippen LogP contribution in [0.15, 0.2) is 54.5 Å². The molecule has 0 fully saturated rings. The van der Waals surface area contributed by atoms with Crippen LogP contribution in [0.3, 0.4) is 0 Å². The van der Waals surface area contributed by atoms with Gasteiger partial charge in [0.05, 0.1) is 11.5 Å². The molecule has 2 aromatic carbocycles. The molecule has 0 aliphatic heterocycles. The van der Waals surface area contributed by atoms with Gasteiger partial charge >= 0.3 is 0 Å². The van der Waals surface area contributed by atoms with Gasteiger partial charge in [-0.15, -0.1) is 13.2 Å². The number of rotatable bonds is 6. The summed E-state index contributed by atoms with van der Waals surface area (Å²) in [4.78, 5) is 2.87. The first-order valence-corrected chi connectivity index (χ1v) is 8.13. The van der Waals surface area contributed by atoms with Crippen LogP contribution in [-0.4, -0.2) is 38.6 Å². The fourth-order valence-electron chi connectivity index (χ4n) is 2.13. The molecule has 0 heterocycles. The molecule has 120 valence electrons. The van der Waals surface area contributed by atoms with Gasteiger partial charge in [-0.25, -0.2) is 8.93 Å². The number of nitrogens with zero attached hydrogens (tertiary/aromatic N) is 1. The van der Waals surface area contributed by atoms with Crippen molar-refractivity contribution in [1.29, 1.82) is 0 Å². The largest absolute Gasteiger partial charge is 0.383 e. The molecular weight excluding hydrogens is 296 g/mol. The third-order valence-electron chi connectivity index (χ3n) is 3.08. The van der Waals surface area contributed by atoms with Gasteiger partial charge in [-0.3, -0.25) is 0 Å². The summed E-state index contributed by atoms with van der Waals surface area (Å²) in [6.45, 7) is 7.10. The first-order valence-electron chi connectivity index (χ1n) is 6.98. The van der Waals surface area contributed by atoms with E-state index in [-0.39, 0.29) is 0 Å². The molecule has 4 nitrogen and oxygen atoms in total. The summed E-state index contributed by atoms with van der Waals surface area (Å²) in [5, 5.41) is 2.12. The molecule has 1 unspecified atom stereocenters. The third-order valence-corrected chi connectivity index (χ3v) is 4.30. The van der Waals surface area contributed by atoms with E-state index in [0.717, 1.165) is 21.4 Å². The van der Waals surface area contributed by atoms with Gasteiger partial charge in [0.1, 0.15) is 11.0 Å². The highest BCUT2D eigenvalue weighted by Gasteiger charge is 2.10. The van der Waals surface area contributed by atoms with E-state index in [9.17, 15) is 4.21 Å². The molecule has 22 heavy (non-hydrogen) atoms. The summed E-state index contributed by atoms with van der Waals surface area (Å²) in [6.07, 6.45) is 0. The van der Waals surface area contributed by atoms with E-state index in [1.165, 1.54) is 0 Å². The molecule has 0 spiro atoms. The number of benzene rings is 2. The minimum absolute atomic E-state index is 0.541. The number of methoxy groups -OCH3 is 1. The second-order valence-electron chi connectivity index (χ2n) is 4.68. The molecular formula is C17H24N2O2S. The van der Waals surface area contributed by atoms with Crippen molar-refractivity contribution < 1.29 is 8.95 Å². The quantitative estimate of drug-likeness (QED) is 0.657. The van der Waals surface area contributed by atoms with Crippen molar-refractivity contribution in [2.75, 3.05) is 39.3 Å². The fraction of sp³-hybridized carbons (Fsp3) is 0.294. The van der Waals surface area contributed by atoms with Crippen molar-refractivity contribution >= 4 is 27.4 Å². The molecule has 0 radical (unpaired) electrons. The first-order chi connectivity index (χ1) is 10.6. The minimum Gasteiger partial charge on any atom is -0.383 e. The Morgan fingerprint density at radius 1 is 1.14 bits per heavy atom. The molecule has 0 aromatic heterocycles. The number of hydrogen-bond acceptors (Lipinski definition) is 3. The summed E-state index contributed by atoms with van der Waals surface area (Å²) in [5.74, 6) is 0. The molecule has 5 heteroatoms. The number of nitrogens with one attached hydrogen (secondary N) is 1. The summed E-state index contributed by atoms with van der Waals surface area (Å²) >= 11 is 0. The van der Waals surface area contributed by atoms with Crippen LogP contribution in [0.25, 0.3) is 10.8 Å². The predicted octanol–water partition coefficient (Wildman–Crippen LogP) is 2.97. The van der Waals surface area contributed by atoms with Crippen LogP contribution in [0, 0.1) is 0 Å². The lowest BCUT2D eigenvalue weighted by Crippen LogP contribution is -2.22. The number of hydrogen-bond donors (Lipinski definition) is 1. The SMILES string of the molecule is C=C.COCCNS(=O)c1cccc2c(N(C)C)cccc12. The van der Waals surface area contributed by atoms with Crippen LogP contribution >= 0.6 is 0 Å². The lowest BCUT2D eigenvalue weighted by molar-refractivity contribution is 0.205. The van der Waals surface area contributed by atoms with Crippen LogP contribution < -0.4 is 9.62 Å². The molecule has 0 aliphatic carbocycles. The molecule has 0 bridgehead atoms. The second-order valence-corrected chi connectivity index (χ2v) is 5.94. The van der Waals surface area contributed by atoms with Crippen molar-refractivity contribution in [1.82, 2.24) is 4.72 Å². The average molecular weight is 320 g/mol. The predicted molar refractivity (Wildman–Crippen MR) is 95.8 cm³/mol. The van der Waals surface area contributed by atoms with Crippen LogP contribution in [0.4, 0.5) is 5.69 Å². The first kappa shape index (κ1) is 18.4. The smallest absolute Gasteiger partial charge is 0.125 e. The van der Waals surface area contributed by atoms with Gasteiger partial charge in [-0.2, -0.15) is 0 Å². The maximum atomic E-state index is 12.3. The van der Waals surface area contributed by atoms with Gasteiger partial charge < -0.3 is 9.64 Å². The van der Waals surface area contributed by atoms with Crippen LogP contribution in [-0.2, 0) is 15.7 Å². The van der Waals surface area contributed by atoms with E-state index in [0.29, 0.717) is 13.2 Å². The highest BCUT2D eigenvalue weighted by atomic mass is 32.2. The van der Waals surface area contributed by atoms with Gasteiger partial charge in [0.2, 0.25) is 0 Å². The summed E-state index contributed by atoms with van der Waals surface area (Å²) in [7, 11) is 4.42. The topological polar surface area (TPSA) is 41.6 Å². The van der Waals surface area contributed by atoms with Gasteiger partial charge in [0.25, 0.3) is 0 Å². The Hall–Kier alpha value is -1.69. The van der Waals surface area contributed by atoms with Gasteiger partial charge in [0, 0.05) is 44.2 Å². The molecule has 2 aromatic rings. The van der Waals surface area contributed by atoms with Crippen LogP contribution in [0.5, 0.6) is 0 Å². The highest BCUT2D eigenvalue weighted by molar-refractivity contribution is 7.83. The normalized spacial score (nSPS) is 11.6. The Morgan fingerprint density at radius 3 is 2.41 bits per heavy atom. The molecule has 1 atom stereocenters.